The summed E-state index contributed by atoms with van der Waals surface area (Å²) in [4.78, 5) is 27.3. The van der Waals surface area contributed by atoms with Gasteiger partial charge in [-0.25, -0.2) is 0 Å². The molecule has 0 aliphatic rings. The number of methoxy groups -OCH3 is 1. The van der Waals surface area contributed by atoms with Gasteiger partial charge in [-0.1, -0.05) is 30.7 Å². The maximum absolute atomic E-state index is 13.1. The molecule has 0 aromatic heterocycles. The molecule has 1 N–H and O–H groups in total. The molecule has 0 saturated carbocycles. The highest BCUT2D eigenvalue weighted by atomic mass is 35.5. The molecule has 0 aliphatic carbocycles. The van der Waals surface area contributed by atoms with E-state index in [1.54, 1.807) is 24.1 Å². The maximum Gasteiger partial charge on any atom is 0.242 e. The molecule has 2 aromatic carbocycles. The van der Waals surface area contributed by atoms with E-state index in [1.807, 2.05) is 50.2 Å². The van der Waals surface area contributed by atoms with E-state index in [-0.39, 0.29) is 11.8 Å². The quantitative estimate of drug-likeness (QED) is 0.489. The number of hydrogen-bond acceptors (Lipinski definition) is 4. The zero-order chi connectivity index (χ0) is 22.6. The maximum atomic E-state index is 13.1. The van der Waals surface area contributed by atoms with Crippen molar-refractivity contribution in [2.75, 3.05) is 20.3 Å². The minimum Gasteiger partial charge on any atom is -0.497 e. The Hall–Kier alpha value is -2.73. The van der Waals surface area contributed by atoms with Crippen molar-refractivity contribution >= 4 is 23.4 Å². The summed E-state index contributed by atoms with van der Waals surface area (Å²) in [5.41, 5.74) is 0.926. The van der Waals surface area contributed by atoms with Crippen LogP contribution in [0.5, 0.6) is 11.5 Å². The van der Waals surface area contributed by atoms with Crippen LogP contribution in [0.2, 0.25) is 5.02 Å². The standard InChI is InChI=1S/C24H31ClN2O4/c1-4-22(24(29)26-5-2)27(17-18-8-10-19(25)11-9-18)23(28)7-6-16-31-21-14-12-20(30-3)13-15-21/h8-15,22H,4-7,16-17H2,1-3H3,(H,26,29)/t22-/m1/s1. The molecule has 31 heavy (non-hydrogen) atoms. The van der Waals surface area contributed by atoms with Crippen LogP contribution in [0.25, 0.3) is 0 Å². The van der Waals surface area contributed by atoms with E-state index < -0.39 is 6.04 Å². The molecular formula is C24H31ClN2O4. The molecule has 0 aliphatic heterocycles. The number of benzene rings is 2. The lowest BCUT2D eigenvalue weighted by atomic mass is 10.1. The monoisotopic (exact) mass is 446 g/mol. The Kier molecular flexibility index (Phi) is 10.2. The fourth-order valence-corrected chi connectivity index (χ4v) is 3.35. The van der Waals surface area contributed by atoms with Crippen LogP contribution in [-0.4, -0.2) is 43.0 Å². The zero-order valence-electron chi connectivity index (χ0n) is 18.4. The van der Waals surface area contributed by atoms with Gasteiger partial charge in [0.1, 0.15) is 17.5 Å². The molecule has 2 rings (SSSR count). The highest BCUT2D eigenvalue weighted by molar-refractivity contribution is 6.30. The number of halogens is 1. The molecular weight excluding hydrogens is 416 g/mol. The Balaban J connectivity index is 2.00. The molecule has 7 heteroatoms. The Bertz CT molecular complexity index is 824. The van der Waals surface area contributed by atoms with Gasteiger partial charge in [0.2, 0.25) is 11.8 Å². The van der Waals surface area contributed by atoms with Crippen LogP contribution in [0, 0.1) is 0 Å². The van der Waals surface area contributed by atoms with E-state index >= 15 is 0 Å². The van der Waals surface area contributed by atoms with Gasteiger partial charge < -0.3 is 19.7 Å². The molecule has 0 radical (unpaired) electrons. The van der Waals surface area contributed by atoms with Gasteiger partial charge in [0, 0.05) is 24.5 Å². The highest BCUT2D eigenvalue weighted by Crippen LogP contribution is 2.19. The van der Waals surface area contributed by atoms with Gasteiger partial charge in [-0.15, -0.1) is 0 Å². The summed E-state index contributed by atoms with van der Waals surface area (Å²) in [6.07, 6.45) is 1.38. The summed E-state index contributed by atoms with van der Waals surface area (Å²) in [5.74, 6) is 1.27. The summed E-state index contributed by atoms with van der Waals surface area (Å²) in [6.45, 7) is 5.06. The largest absolute Gasteiger partial charge is 0.497 e. The second-order valence-corrected chi connectivity index (χ2v) is 7.53. The number of amides is 2. The lowest BCUT2D eigenvalue weighted by molar-refractivity contribution is -0.141. The number of carbonyl (C=O) groups is 2. The normalized spacial score (nSPS) is 11.5. The third-order valence-electron chi connectivity index (χ3n) is 4.87. The van der Waals surface area contributed by atoms with Crippen molar-refractivity contribution in [3.63, 3.8) is 0 Å². The third kappa shape index (κ3) is 7.79. The van der Waals surface area contributed by atoms with Crippen molar-refractivity contribution in [2.24, 2.45) is 0 Å². The van der Waals surface area contributed by atoms with Crippen LogP contribution in [0.15, 0.2) is 48.5 Å². The SMILES string of the molecule is CCNC(=O)[C@@H](CC)N(Cc1ccc(Cl)cc1)C(=O)CCCOc1ccc(OC)cc1. The Labute approximate surface area is 189 Å². The van der Waals surface area contributed by atoms with Crippen molar-refractivity contribution in [3.05, 3.63) is 59.1 Å². The number of nitrogens with zero attached hydrogens (tertiary/aromatic N) is 1. The van der Waals surface area contributed by atoms with Gasteiger partial charge in [-0.2, -0.15) is 0 Å². The molecule has 6 nitrogen and oxygen atoms in total. The number of ether oxygens (including phenoxy) is 2. The van der Waals surface area contributed by atoms with Crippen LogP contribution < -0.4 is 14.8 Å². The fraction of sp³-hybridized carbons (Fsp3) is 0.417. The summed E-state index contributed by atoms with van der Waals surface area (Å²) in [6, 6.07) is 14.1. The van der Waals surface area contributed by atoms with E-state index in [4.69, 9.17) is 21.1 Å². The minimum atomic E-state index is -0.523. The Morgan fingerprint density at radius 1 is 1.03 bits per heavy atom. The van der Waals surface area contributed by atoms with Gasteiger partial charge in [0.05, 0.1) is 13.7 Å². The first-order chi connectivity index (χ1) is 15.0. The molecule has 0 saturated heterocycles. The number of nitrogens with one attached hydrogen (secondary N) is 1. The highest BCUT2D eigenvalue weighted by Gasteiger charge is 2.27. The first-order valence-corrected chi connectivity index (χ1v) is 10.9. The van der Waals surface area contributed by atoms with Gasteiger partial charge in [-0.05, 0) is 61.7 Å². The van der Waals surface area contributed by atoms with E-state index in [9.17, 15) is 9.59 Å². The molecule has 2 aromatic rings. The summed E-state index contributed by atoms with van der Waals surface area (Å²) in [7, 11) is 1.61. The van der Waals surface area contributed by atoms with E-state index in [1.165, 1.54) is 0 Å². The average molecular weight is 447 g/mol. The number of likely N-dealkylation sites (N-methyl/N-ethyl adjacent to an activating group) is 1. The molecule has 0 heterocycles. The van der Waals surface area contributed by atoms with Gasteiger partial charge in [0.25, 0.3) is 0 Å². The van der Waals surface area contributed by atoms with Crippen LogP contribution in [0.1, 0.15) is 38.7 Å². The number of carbonyl (C=O) groups excluding carboxylic acids is 2. The predicted molar refractivity (Wildman–Crippen MR) is 122 cm³/mol. The van der Waals surface area contributed by atoms with Crippen LogP contribution in [0.3, 0.4) is 0 Å². The smallest absolute Gasteiger partial charge is 0.242 e. The van der Waals surface area contributed by atoms with E-state index in [2.05, 4.69) is 5.32 Å². The Morgan fingerprint density at radius 3 is 2.26 bits per heavy atom. The van der Waals surface area contributed by atoms with Crippen molar-refractivity contribution < 1.29 is 19.1 Å². The van der Waals surface area contributed by atoms with Crippen LogP contribution in [-0.2, 0) is 16.1 Å². The molecule has 0 bridgehead atoms. The van der Waals surface area contributed by atoms with Crippen LogP contribution in [0.4, 0.5) is 0 Å². The first kappa shape index (κ1) is 24.5. The van der Waals surface area contributed by atoms with Crippen molar-refractivity contribution in [2.45, 2.75) is 45.7 Å². The van der Waals surface area contributed by atoms with Crippen molar-refractivity contribution in [3.8, 4) is 11.5 Å². The van der Waals surface area contributed by atoms with Crippen molar-refractivity contribution in [1.82, 2.24) is 10.2 Å². The zero-order valence-corrected chi connectivity index (χ0v) is 19.2. The summed E-state index contributed by atoms with van der Waals surface area (Å²) in [5, 5.41) is 3.47. The summed E-state index contributed by atoms with van der Waals surface area (Å²) >= 11 is 5.98. The third-order valence-corrected chi connectivity index (χ3v) is 5.12. The molecule has 2 amide bonds. The molecule has 0 spiro atoms. The van der Waals surface area contributed by atoms with Crippen LogP contribution >= 0.6 is 11.6 Å². The lowest BCUT2D eigenvalue weighted by Crippen LogP contribution is -2.49. The average Bonchev–Trinajstić information content (AvgIpc) is 2.78. The summed E-state index contributed by atoms with van der Waals surface area (Å²) < 4.78 is 10.9. The first-order valence-electron chi connectivity index (χ1n) is 10.6. The lowest BCUT2D eigenvalue weighted by Gasteiger charge is -2.30. The van der Waals surface area contributed by atoms with Gasteiger partial charge >= 0.3 is 0 Å². The van der Waals surface area contributed by atoms with E-state index in [0.717, 1.165) is 17.1 Å². The Morgan fingerprint density at radius 2 is 1.68 bits per heavy atom. The molecule has 0 unspecified atom stereocenters. The topological polar surface area (TPSA) is 67.9 Å². The number of hydrogen-bond donors (Lipinski definition) is 1. The molecule has 0 fully saturated rings. The van der Waals surface area contributed by atoms with E-state index in [0.29, 0.717) is 44.0 Å². The van der Waals surface area contributed by atoms with Crippen molar-refractivity contribution in [1.29, 1.82) is 0 Å². The second kappa shape index (κ2) is 12.8. The van der Waals surface area contributed by atoms with Gasteiger partial charge in [-0.3, -0.25) is 9.59 Å². The molecule has 1 atom stereocenters. The fourth-order valence-electron chi connectivity index (χ4n) is 3.23. The molecule has 168 valence electrons. The second-order valence-electron chi connectivity index (χ2n) is 7.09. The predicted octanol–water partition coefficient (Wildman–Crippen LogP) is 4.45. The number of rotatable bonds is 12. The van der Waals surface area contributed by atoms with Gasteiger partial charge in [0.15, 0.2) is 0 Å². The minimum absolute atomic E-state index is 0.0774.